The Labute approximate surface area is 145 Å². The summed E-state index contributed by atoms with van der Waals surface area (Å²) >= 11 is 0. The number of pyridine rings is 1. The summed E-state index contributed by atoms with van der Waals surface area (Å²) in [4.78, 5) is 30.4. The lowest BCUT2D eigenvalue weighted by molar-refractivity contribution is -0.121. The number of nitrogens with one attached hydrogen (secondary N) is 1. The highest BCUT2D eigenvalue weighted by Crippen LogP contribution is 2.31. The van der Waals surface area contributed by atoms with E-state index in [1.807, 2.05) is 6.07 Å². The molecule has 0 unspecified atom stereocenters. The van der Waals surface area contributed by atoms with E-state index in [2.05, 4.69) is 42.6 Å². The standard InChI is InChI=1S/C19H20N4O2/c1-11(2)12-3-4-15-14(9-12)10-13-7-8-23(18(13)20-15)19(25)16-5-6-17(24)22-21-16/h3-4,9-11H,5-8H2,1-2H3,(H,22,24). The fourth-order valence-electron chi connectivity index (χ4n) is 3.33. The molecular formula is C19H20N4O2. The summed E-state index contributed by atoms with van der Waals surface area (Å²) in [6.07, 6.45) is 1.46. The Morgan fingerprint density at radius 2 is 2.04 bits per heavy atom. The van der Waals surface area contributed by atoms with E-state index >= 15 is 0 Å². The highest BCUT2D eigenvalue weighted by molar-refractivity contribution is 6.44. The number of anilines is 1. The van der Waals surface area contributed by atoms with Crippen LogP contribution in [-0.4, -0.2) is 29.1 Å². The molecule has 0 aliphatic carbocycles. The van der Waals surface area contributed by atoms with Crippen LogP contribution in [0.5, 0.6) is 0 Å². The molecule has 6 heteroatoms. The summed E-state index contributed by atoms with van der Waals surface area (Å²) < 4.78 is 0. The third kappa shape index (κ3) is 2.77. The van der Waals surface area contributed by atoms with Gasteiger partial charge in [0.15, 0.2) is 0 Å². The molecule has 4 rings (SSSR count). The molecule has 0 fully saturated rings. The van der Waals surface area contributed by atoms with E-state index in [4.69, 9.17) is 4.98 Å². The van der Waals surface area contributed by atoms with Crippen molar-refractivity contribution in [3.8, 4) is 0 Å². The summed E-state index contributed by atoms with van der Waals surface area (Å²) in [5, 5.41) is 5.03. The summed E-state index contributed by atoms with van der Waals surface area (Å²) in [5.41, 5.74) is 6.04. The van der Waals surface area contributed by atoms with E-state index in [1.54, 1.807) is 4.90 Å². The average Bonchev–Trinajstić information content (AvgIpc) is 3.02. The van der Waals surface area contributed by atoms with Crippen molar-refractivity contribution >= 4 is 34.2 Å². The second-order valence-electron chi connectivity index (χ2n) is 6.88. The molecule has 1 aromatic heterocycles. The number of amides is 2. The third-order valence-electron chi connectivity index (χ3n) is 4.82. The number of carbonyl (C=O) groups is 2. The Hall–Kier alpha value is -2.76. The molecule has 0 saturated heterocycles. The van der Waals surface area contributed by atoms with Gasteiger partial charge in [-0.2, -0.15) is 5.10 Å². The molecule has 1 aromatic carbocycles. The Kier molecular flexibility index (Phi) is 3.75. The first kappa shape index (κ1) is 15.7. The van der Waals surface area contributed by atoms with Crippen LogP contribution < -0.4 is 10.3 Å². The van der Waals surface area contributed by atoms with Gasteiger partial charge < -0.3 is 0 Å². The normalized spacial score (nSPS) is 16.8. The fourth-order valence-corrected chi connectivity index (χ4v) is 3.33. The van der Waals surface area contributed by atoms with Gasteiger partial charge in [-0.1, -0.05) is 19.9 Å². The molecule has 2 aliphatic heterocycles. The second kappa shape index (κ2) is 5.95. The number of hydrogen-bond acceptors (Lipinski definition) is 4. The SMILES string of the molecule is CC(C)c1ccc2nc3c(cc2c1)CCN3C(=O)C1=NNC(=O)CC1. The molecule has 2 aromatic rings. The number of benzene rings is 1. The Balaban J connectivity index is 1.69. The predicted molar refractivity (Wildman–Crippen MR) is 96.7 cm³/mol. The van der Waals surface area contributed by atoms with Gasteiger partial charge in [-0.05, 0) is 41.7 Å². The zero-order chi connectivity index (χ0) is 17.6. The zero-order valence-electron chi connectivity index (χ0n) is 14.4. The molecule has 3 heterocycles. The van der Waals surface area contributed by atoms with Crippen LogP contribution in [0.3, 0.4) is 0 Å². The van der Waals surface area contributed by atoms with Crippen molar-refractivity contribution in [2.24, 2.45) is 5.10 Å². The molecule has 0 atom stereocenters. The van der Waals surface area contributed by atoms with Crippen molar-refractivity contribution < 1.29 is 9.59 Å². The van der Waals surface area contributed by atoms with E-state index in [9.17, 15) is 9.59 Å². The van der Waals surface area contributed by atoms with Crippen LogP contribution in [0.25, 0.3) is 10.9 Å². The first-order chi connectivity index (χ1) is 12.0. The van der Waals surface area contributed by atoms with Crippen LogP contribution >= 0.6 is 0 Å². The Morgan fingerprint density at radius 3 is 2.76 bits per heavy atom. The van der Waals surface area contributed by atoms with Crippen molar-refractivity contribution in [3.05, 3.63) is 35.4 Å². The zero-order valence-corrected chi connectivity index (χ0v) is 14.4. The first-order valence-electron chi connectivity index (χ1n) is 8.64. The van der Waals surface area contributed by atoms with Gasteiger partial charge in [0.1, 0.15) is 11.5 Å². The Morgan fingerprint density at radius 1 is 1.20 bits per heavy atom. The van der Waals surface area contributed by atoms with Crippen LogP contribution in [0.4, 0.5) is 5.82 Å². The minimum Gasteiger partial charge on any atom is -0.291 e. The maximum atomic E-state index is 12.8. The summed E-state index contributed by atoms with van der Waals surface area (Å²) in [7, 11) is 0. The Bertz CT molecular complexity index is 917. The van der Waals surface area contributed by atoms with Crippen molar-refractivity contribution in [1.29, 1.82) is 0 Å². The molecule has 0 bridgehead atoms. The van der Waals surface area contributed by atoms with Gasteiger partial charge in [-0.15, -0.1) is 0 Å². The lowest BCUT2D eigenvalue weighted by Crippen LogP contribution is -2.39. The molecule has 0 saturated carbocycles. The topological polar surface area (TPSA) is 74.7 Å². The largest absolute Gasteiger partial charge is 0.291 e. The molecule has 128 valence electrons. The molecular weight excluding hydrogens is 316 g/mol. The van der Waals surface area contributed by atoms with Gasteiger partial charge in [0, 0.05) is 24.8 Å². The number of hydrogen-bond donors (Lipinski definition) is 1. The van der Waals surface area contributed by atoms with E-state index in [0.29, 0.717) is 31.0 Å². The highest BCUT2D eigenvalue weighted by Gasteiger charge is 2.31. The van der Waals surface area contributed by atoms with Crippen molar-refractivity contribution in [2.45, 2.75) is 39.0 Å². The predicted octanol–water partition coefficient (Wildman–Crippen LogP) is 2.51. The second-order valence-corrected chi connectivity index (χ2v) is 6.88. The molecule has 2 amide bonds. The van der Waals surface area contributed by atoms with Gasteiger partial charge >= 0.3 is 0 Å². The van der Waals surface area contributed by atoms with Crippen LogP contribution in [-0.2, 0) is 16.0 Å². The van der Waals surface area contributed by atoms with Crippen molar-refractivity contribution in [3.63, 3.8) is 0 Å². The van der Waals surface area contributed by atoms with Gasteiger partial charge in [-0.3, -0.25) is 14.5 Å². The highest BCUT2D eigenvalue weighted by atomic mass is 16.2. The van der Waals surface area contributed by atoms with Crippen LogP contribution in [0.2, 0.25) is 0 Å². The monoisotopic (exact) mass is 336 g/mol. The number of carbonyl (C=O) groups excluding carboxylic acids is 2. The smallest absolute Gasteiger partial charge is 0.275 e. The number of rotatable bonds is 2. The van der Waals surface area contributed by atoms with Gasteiger partial charge in [0.2, 0.25) is 5.91 Å². The molecule has 0 spiro atoms. The van der Waals surface area contributed by atoms with Gasteiger partial charge in [0.05, 0.1) is 5.52 Å². The van der Waals surface area contributed by atoms with E-state index in [1.165, 1.54) is 5.56 Å². The molecule has 6 nitrogen and oxygen atoms in total. The minimum atomic E-state index is -0.163. The van der Waals surface area contributed by atoms with Gasteiger partial charge in [-0.25, -0.2) is 10.4 Å². The summed E-state index contributed by atoms with van der Waals surface area (Å²) in [6, 6.07) is 8.43. The lowest BCUT2D eigenvalue weighted by Gasteiger charge is -2.19. The maximum Gasteiger partial charge on any atom is 0.275 e. The number of fused-ring (bicyclic) bond motifs is 2. The van der Waals surface area contributed by atoms with Crippen LogP contribution in [0, 0.1) is 0 Å². The number of hydrazone groups is 1. The molecule has 2 aliphatic rings. The average molecular weight is 336 g/mol. The molecule has 1 N–H and O–H groups in total. The molecule has 0 radical (unpaired) electrons. The van der Waals surface area contributed by atoms with Gasteiger partial charge in [0.25, 0.3) is 5.91 Å². The van der Waals surface area contributed by atoms with E-state index < -0.39 is 0 Å². The lowest BCUT2D eigenvalue weighted by atomic mass is 10.0. The minimum absolute atomic E-state index is 0.150. The summed E-state index contributed by atoms with van der Waals surface area (Å²) in [5.74, 6) is 0.873. The number of nitrogens with zero attached hydrogens (tertiary/aromatic N) is 3. The maximum absolute atomic E-state index is 12.8. The molecule has 25 heavy (non-hydrogen) atoms. The van der Waals surface area contributed by atoms with Crippen molar-refractivity contribution in [2.75, 3.05) is 11.4 Å². The summed E-state index contributed by atoms with van der Waals surface area (Å²) in [6.45, 7) is 4.94. The third-order valence-corrected chi connectivity index (χ3v) is 4.82. The number of aromatic nitrogens is 1. The van der Waals surface area contributed by atoms with Crippen molar-refractivity contribution in [1.82, 2.24) is 10.4 Å². The fraction of sp³-hybridized carbons (Fsp3) is 0.368. The first-order valence-corrected chi connectivity index (χ1v) is 8.64. The van der Waals surface area contributed by atoms with E-state index in [0.717, 1.165) is 28.7 Å². The van der Waals surface area contributed by atoms with E-state index in [-0.39, 0.29) is 11.8 Å². The quantitative estimate of drug-likeness (QED) is 0.915. The van der Waals surface area contributed by atoms with Crippen LogP contribution in [0.15, 0.2) is 29.4 Å². The van der Waals surface area contributed by atoms with Crippen LogP contribution in [0.1, 0.15) is 43.7 Å².